The summed E-state index contributed by atoms with van der Waals surface area (Å²) < 4.78 is 2.64. The minimum Gasteiger partial charge on any atom is -0.265 e. The molecule has 0 radical (unpaired) electrons. The second-order valence-electron chi connectivity index (χ2n) is 17.0. The molecule has 1 unspecified atom stereocenters. The molecular weight excluding hydrogens is 823 g/mol. The van der Waals surface area contributed by atoms with Crippen molar-refractivity contribution in [1.29, 1.82) is 0 Å². The van der Waals surface area contributed by atoms with Gasteiger partial charge in [0.15, 0.2) is 0 Å². The van der Waals surface area contributed by atoms with E-state index in [-0.39, 0.29) is 5.92 Å². The Balaban J connectivity index is 0.973. The maximum Gasteiger partial charge on any atom is 0.0355 e. The molecule has 304 valence electrons. The smallest absolute Gasteiger partial charge is 0.0355 e. The van der Waals surface area contributed by atoms with Crippen LogP contribution in [0.4, 0.5) is 0 Å². The van der Waals surface area contributed by atoms with Crippen molar-refractivity contribution < 1.29 is 0 Å². The van der Waals surface area contributed by atoms with Gasteiger partial charge in [0.05, 0.1) is 0 Å². The summed E-state index contributed by atoms with van der Waals surface area (Å²) in [6, 6.07) is 81.3. The van der Waals surface area contributed by atoms with Gasteiger partial charge in [0.1, 0.15) is 0 Å². The normalized spacial score (nSPS) is 12.2. The third-order valence-corrected chi connectivity index (χ3v) is 15.7. The van der Waals surface area contributed by atoms with Gasteiger partial charge in [0.2, 0.25) is 0 Å². The maximum atomic E-state index is 4.34. The Labute approximate surface area is 385 Å². The highest BCUT2D eigenvalue weighted by Crippen LogP contribution is 2.47. The lowest BCUT2D eigenvalue weighted by Crippen LogP contribution is -2.03. The summed E-state index contributed by atoms with van der Waals surface area (Å²) in [6.07, 6.45) is 3.79. The lowest BCUT2D eigenvalue weighted by atomic mass is 9.82. The van der Waals surface area contributed by atoms with Crippen molar-refractivity contribution in [3.63, 3.8) is 0 Å². The first-order chi connectivity index (χ1) is 32.2. The highest BCUT2D eigenvalue weighted by Gasteiger charge is 2.21. The Bertz CT molecular complexity index is 3740. The monoisotopic (exact) mass is 861 g/mol. The van der Waals surface area contributed by atoms with Gasteiger partial charge in [0, 0.05) is 37.5 Å². The van der Waals surface area contributed by atoms with Crippen molar-refractivity contribution in [3.05, 3.63) is 247 Å². The summed E-state index contributed by atoms with van der Waals surface area (Å²) >= 11 is 3.71. The van der Waals surface area contributed by atoms with E-state index in [0.29, 0.717) is 0 Å². The Morgan fingerprint density at radius 2 is 0.754 bits per heavy atom. The SMILES string of the molecule is c1ccc(C(c2ccncc2)c2ccc(-c3cc(-c4ccc(-c5cc6ccccc6s5)cc4)c4ccc5ccc(-c6ccc(-c7cc8ccccc8s7)cc6)c6ccc3c4c56)cc2)cc1. The molecule has 0 fully saturated rings. The number of thiophene rings is 2. The molecule has 13 rings (SSSR count). The minimum atomic E-state index is 0.0991. The molecular formula is C62H39NS2. The topological polar surface area (TPSA) is 12.9 Å². The van der Waals surface area contributed by atoms with Gasteiger partial charge < -0.3 is 0 Å². The molecule has 0 saturated carbocycles. The van der Waals surface area contributed by atoms with Crippen LogP contribution in [0.5, 0.6) is 0 Å². The van der Waals surface area contributed by atoms with Crippen LogP contribution in [0.15, 0.2) is 231 Å². The average molecular weight is 862 g/mol. The number of aromatic nitrogens is 1. The van der Waals surface area contributed by atoms with Crippen LogP contribution in [0.25, 0.3) is 107 Å². The van der Waals surface area contributed by atoms with Gasteiger partial charge in [0.25, 0.3) is 0 Å². The number of hydrogen-bond donors (Lipinski definition) is 0. The Morgan fingerprint density at radius 3 is 1.34 bits per heavy atom. The van der Waals surface area contributed by atoms with Crippen LogP contribution in [0.3, 0.4) is 0 Å². The number of fused-ring (bicyclic) bond motifs is 2. The quantitative estimate of drug-likeness (QED) is 0.139. The predicted molar refractivity (Wildman–Crippen MR) is 280 cm³/mol. The van der Waals surface area contributed by atoms with Crippen molar-refractivity contribution in [3.8, 4) is 54.3 Å². The molecule has 0 bridgehead atoms. The van der Waals surface area contributed by atoms with E-state index in [1.807, 2.05) is 35.1 Å². The summed E-state index contributed by atoms with van der Waals surface area (Å²) in [5.74, 6) is 0.0991. The van der Waals surface area contributed by atoms with Gasteiger partial charge in [-0.1, -0.05) is 176 Å². The molecule has 0 aliphatic carbocycles. The fraction of sp³-hybridized carbons (Fsp3) is 0.0161. The molecule has 3 heterocycles. The molecule has 3 aromatic heterocycles. The summed E-state index contributed by atoms with van der Waals surface area (Å²) in [4.78, 5) is 6.93. The van der Waals surface area contributed by atoms with E-state index in [1.54, 1.807) is 0 Å². The molecule has 10 aromatic carbocycles. The second kappa shape index (κ2) is 15.5. The first-order valence-electron chi connectivity index (χ1n) is 22.2. The lowest BCUT2D eigenvalue weighted by Gasteiger charge is -2.21. The molecule has 1 atom stereocenters. The van der Waals surface area contributed by atoms with Crippen molar-refractivity contribution in [1.82, 2.24) is 4.98 Å². The fourth-order valence-corrected chi connectivity index (χ4v) is 12.3. The molecule has 13 aromatic rings. The molecule has 0 aliphatic heterocycles. The number of pyridine rings is 1. The molecule has 0 saturated heterocycles. The minimum absolute atomic E-state index is 0.0991. The summed E-state index contributed by atoms with van der Waals surface area (Å²) in [7, 11) is 0. The van der Waals surface area contributed by atoms with Crippen LogP contribution in [-0.2, 0) is 0 Å². The Hall–Kier alpha value is -7.69. The zero-order valence-electron chi connectivity index (χ0n) is 35.3. The zero-order valence-corrected chi connectivity index (χ0v) is 36.9. The van der Waals surface area contributed by atoms with Gasteiger partial charge in [-0.2, -0.15) is 0 Å². The number of benzene rings is 10. The molecule has 0 spiro atoms. The molecule has 3 heteroatoms. The third kappa shape index (κ3) is 6.54. The summed E-state index contributed by atoms with van der Waals surface area (Å²) in [6.45, 7) is 0. The van der Waals surface area contributed by atoms with Crippen molar-refractivity contribution >= 4 is 75.2 Å². The van der Waals surface area contributed by atoms with E-state index < -0.39 is 0 Å². The Morgan fingerprint density at radius 1 is 0.308 bits per heavy atom. The van der Waals surface area contributed by atoms with Gasteiger partial charge in [-0.05, 0) is 147 Å². The van der Waals surface area contributed by atoms with E-state index in [9.17, 15) is 0 Å². The van der Waals surface area contributed by atoms with E-state index in [1.165, 1.54) is 123 Å². The summed E-state index contributed by atoms with van der Waals surface area (Å²) in [5.41, 5.74) is 13.6. The fourth-order valence-electron chi connectivity index (χ4n) is 10.1. The van der Waals surface area contributed by atoms with Crippen molar-refractivity contribution in [2.24, 2.45) is 0 Å². The predicted octanol–water partition coefficient (Wildman–Crippen LogP) is 17.9. The van der Waals surface area contributed by atoms with Gasteiger partial charge in [-0.25, -0.2) is 0 Å². The van der Waals surface area contributed by atoms with Crippen LogP contribution in [0.2, 0.25) is 0 Å². The number of nitrogens with zero attached hydrogens (tertiary/aromatic N) is 1. The van der Waals surface area contributed by atoms with Crippen LogP contribution in [-0.4, -0.2) is 4.98 Å². The van der Waals surface area contributed by atoms with Crippen LogP contribution in [0.1, 0.15) is 22.6 Å². The van der Waals surface area contributed by atoms with Crippen LogP contribution >= 0.6 is 22.7 Å². The number of hydrogen-bond acceptors (Lipinski definition) is 3. The molecule has 0 N–H and O–H groups in total. The maximum absolute atomic E-state index is 4.34. The largest absolute Gasteiger partial charge is 0.265 e. The zero-order chi connectivity index (χ0) is 42.8. The second-order valence-corrected chi connectivity index (χ2v) is 19.2. The molecule has 1 nitrogen and oxygen atoms in total. The summed E-state index contributed by atoms with van der Waals surface area (Å²) in [5, 5.41) is 10.3. The molecule has 0 amide bonds. The van der Waals surface area contributed by atoms with Gasteiger partial charge in [-0.15, -0.1) is 22.7 Å². The third-order valence-electron chi connectivity index (χ3n) is 13.3. The van der Waals surface area contributed by atoms with Gasteiger partial charge >= 0.3 is 0 Å². The highest BCUT2D eigenvalue weighted by molar-refractivity contribution is 7.22. The van der Waals surface area contributed by atoms with Crippen molar-refractivity contribution in [2.75, 3.05) is 0 Å². The van der Waals surface area contributed by atoms with Crippen LogP contribution in [0, 0.1) is 0 Å². The lowest BCUT2D eigenvalue weighted by molar-refractivity contribution is 0.971. The molecule has 0 aliphatic rings. The van der Waals surface area contributed by atoms with E-state index in [4.69, 9.17) is 0 Å². The number of rotatable bonds is 8. The standard InChI is InChI=1S/C62H39NS2/c1-2-8-44(9-3-1)60(47-32-34-63-35-33-47)45-24-18-41(19-25-45)55-38-54(40-16-22-43(23-17-40)59-37-49-11-5-7-13-57(49)65-59)52-29-27-46-26-28-50(51-30-31-53(55)62(52)61(46)51)39-14-20-42(21-15-39)58-36-48-10-4-6-12-56(48)64-58/h1-38,60H. The first kappa shape index (κ1) is 37.8. The van der Waals surface area contributed by atoms with E-state index in [0.717, 1.165) is 0 Å². The van der Waals surface area contributed by atoms with E-state index in [2.05, 4.69) is 223 Å². The Kier molecular flexibility index (Phi) is 9.04. The average Bonchev–Trinajstić information content (AvgIpc) is 4.02. The molecule has 65 heavy (non-hydrogen) atoms. The van der Waals surface area contributed by atoms with Crippen LogP contribution < -0.4 is 0 Å². The highest BCUT2D eigenvalue weighted by atomic mass is 32.1. The van der Waals surface area contributed by atoms with Crippen molar-refractivity contribution in [2.45, 2.75) is 5.92 Å². The van der Waals surface area contributed by atoms with E-state index >= 15 is 0 Å². The van der Waals surface area contributed by atoms with Gasteiger partial charge in [-0.3, -0.25) is 4.98 Å². The first-order valence-corrected chi connectivity index (χ1v) is 23.8.